The molecule has 0 amide bonds. The number of aromatic nitrogens is 2. The summed E-state index contributed by atoms with van der Waals surface area (Å²) in [5, 5.41) is 0.436. The lowest BCUT2D eigenvalue weighted by Gasteiger charge is -2.07. The number of benzene rings is 2. The van der Waals surface area contributed by atoms with Gasteiger partial charge in [0.1, 0.15) is 22.3 Å². The predicted octanol–water partition coefficient (Wildman–Crippen LogP) is 4.99. The van der Waals surface area contributed by atoms with Crippen molar-refractivity contribution < 1.29 is 8.78 Å². The molecule has 0 aliphatic carbocycles. The van der Waals surface area contributed by atoms with E-state index in [1.165, 1.54) is 24.3 Å². The maximum Gasteiger partial charge on any atom is 0.164 e. The Hall–Kier alpha value is -1.59. The molecule has 0 aliphatic rings. The van der Waals surface area contributed by atoms with Crippen LogP contribution in [0.25, 0.3) is 22.3 Å². The highest BCUT2D eigenvalue weighted by Crippen LogP contribution is 2.32. The molecule has 1 aromatic heterocycles. The monoisotopic (exact) mass is 354 g/mol. The highest BCUT2D eigenvalue weighted by Gasteiger charge is 2.15. The van der Waals surface area contributed by atoms with Crippen LogP contribution in [0, 0.1) is 11.6 Å². The summed E-state index contributed by atoms with van der Waals surface area (Å²) in [5.41, 5.74) is 0.230. The largest absolute Gasteiger partial charge is 0.225 e. The highest BCUT2D eigenvalue weighted by atomic mass is 79.9. The van der Waals surface area contributed by atoms with Crippen molar-refractivity contribution in [1.29, 1.82) is 0 Å². The molecule has 2 nitrogen and oxygen atoms in total. The van der Waals surface area contributed by atoms with E-state index in [4.69, 9.17) is 11.6 Å². The number of hydrogen-bond acceptors (Lipinski definition) is 2. The minimum Gasteiger partial charge on any atom is -0.225 e. The first kappa shape index (κ1) is 13.4. The van der Waals surface area contributed by atoms with E-state index in [9.17, 15) is 8.78 Å². The maximum absolute atomic E-state index is 13.9. The van der Waals surface area contributed by atoms with Crippen molar-refractivity contribution in [2.75, 3.05) is 0 Å². The van der Waals surface area contributed by atoms with Crippen molar-refractivity contribution in [2.45, 2.75) is 0 Å². The molecule has 20 heavy (non-hydrogen) atoms. The van der Waals surface area contributed by atoms with Gasteiger partial charge in [0, 0.05) is 4.47 Å². The summed E-state index contributed by atoms with van der Waals surface area (Å²) in [6.07, 6.45) is 0. The SMILES string of the molecule is Fc1ccccc1-c1nc(Cl)c2c(Br)ccc(F)c2n1. The van der Waals surface area contributed by atoms with Crippen LogP contribution in [0.4, 0.5) is 8.78 Å². The van der Waals surface area contributed by atoms with Gasteiger partial charge in [-0.05, 0) is 40.2 Å². The average molecular weight is 356 g/mol. The van der Waals surface area contributed by atoms with Crippen molar-refractivity contribution >= 4 is 38.4 Å². The standard InChI is InChI=1S/C14H6BrClF2N2/c15-8-5-6-10(18)12-11(8)13(16)20-14(19-12)7-3-1-2-4-9(7)17/h1-6H. The molecular formula is C14H6BrClF2N2. The second-order valence-corrected chi connectivity index (χ2v) is 5.28. The van der Waals surface area contributed by atoms with Crippen LogP contribution in [0.1, 0.15) is 0 Å². The Morgan fingerprint density at radius 2 is 1.70 bits per heavy atom. The molecule has 0 bridgehead atoms. The summed E-state index contributed by atoms with van der Waals surface area (Å²) < 4.78 is 28.2. The molecule has 6 heteroatoms. The molecule has 3 rings (SSSR count). The first-order valence-electron chi connectivity index (χ1n) is 5.64. The molecule has 1 heterocycles. The second-order valence-electron chi connectivity index (χ2n) is 4.07. The Morgan fingerprint density at radius 1 is 0.950 bits per heavy atom. The molecule has 0 unspecified atom stereocenters. The molecule has 0 atom stereocenters. The molecule has 0 fully saturated rings. The summed E-state index contributed by atoms with van der Waals surface area (Å²) >= 11 is 9.34. The van der Waals surface area contributed by atoms with Gasteiger partial charge in [-0.25, -0.2) is 18.7 Å². The molecule has 0 radical (unpaired) electrons. The third-order valence-electron chi connectivity index (χ3n) is 2.82. The summed E-state index contributed by atoms with van der Waals surface area (Å²) in [6, 6.07) is 8.79. The minimum atomic E-state index is -0.537. The van der Waals surface area contributed by atoms with Crippen molar-refractivity contribution in [3.05, 3.63) is 57.7 Å². The molecule has 100 valence electrons. The van der Waals surface area contributed by atoms with E-state index in [1.807, 2.05) is 0 Å². The van der Waals surface area contributed by atoms with Gasteiger partial charge in [0.2, 0.25) is 0 Å². The van der Waals surface area contributed by atoms with Gasteiger partial charge in [-0.3, -0.25) is 0 Å². The Morgan fingerprint density at radius 3 is 2.45 bits per heavy atom. The van der Waals surface area contributed by atoms with E-state index < -0.39 is 11.6 Å². The minimum absolute atomic E-state index is 0.0533. The van der Waals surface area contributed by atoms with E-state index in [0.29, 0.717) is 9.86 Å². The van der Waals surface area contributed by atoms with E-state index >= 15 is 0 Å². The van der Waals surface area contributed by atoms with Gasteiger partial charge < -0.3 is 0 Å². The average Bonchev–Trinajstić information content (AvgIpc) is 2.43. The molecule has 0 saturated heterocycles. The summed E-state index contributed by atoms with van der Waals surface area (Å²) in [7, 11) is 0. The zero-order chi connectivity index (χ0) is 14.3. The normalized spacial score (nSPS) is 11.0. The van der Waals surface area contributed by atoms with Crippen molar-refractivity contribution in [3.63, 3.8) is 0 Å². The first-order chi connectivity index (χ1) is 9.58. The lowest BCUT2D eigenvalue weighted by Crippen LogP contribution is -1.96. The van der Waals surface area contributed by atoms with Gasteiger partial charge in [-0.15, -0.1) is 0 Å². The first-order valence-corrected chi connectivity index (χ1v) is 6.81. The fourth-order valence-corrected chi connectivity index (χ4v) is 2.78. The summed E-state index contributed by atoms with van der Waals surface area (Å²) in [4.78, 5) is 8.14. The summed E-state index contributed by atoms with van der Waals surface area (Å²) in [6.45, 7) is 0. The number of halogens is 4. The van der Waals surface area contributed by atoms with Crippen LogP contribution in [-0.4, -0.2) is 9.97 Å². The third kappa shape index (κ3) is 2.17. The zero-order valence-corrected chi connectivity index (χ0v) is 12.2. The Labute approximate surface area is 126 Å². The van der Waals surface area contributed by atoms with E-state index in [2.05, 4.69) is 25.9 Å². The van der Waals surface area contributed by atoms with Gasteiger partial charge in [0.15, 0.2) is 5.82 Å². The number of rotatable bonds is 1. The Kier molecular flexibility index (Phi) is 3.40. The lowest BCUT2D eigenvalue weighted by molar-refractivity contribution is 0.628. The molecule has 0 aliphatic heterocycles. The molecule has 0 saturated carbocycles. The molecule has 2 aromatic carbocycles. The predicted molar refractivity (Wildman–Crippen MR) is 77.6 cm³/mol. The van der Waals surface area contributed by atoms with Gasteiger partial charge in [0.05, 0.1) is 10.9 Å². The zero-order valence-electron chi connectivity index (χ0n) is 9.87. The van der Waals surface area contributed by atoms with Crippen LogP contribution in [0.15, 0.2) is 40.9 Å². The number of hydrogen-bond donors (Lipinski definition) is 0. The van der Waals surface area contributed by atoms with E-state index in [0.717, 1.165) is 0 Å². The number of nitrogens with zero attached hydrogens (tertiary/aromatic N) is 2. The fraction of sp³-hybridized carbons (Fsp3) is 0. The van der Waals surface area contributed by atoms with Gasteiger partial charge in [0.25, 0.3) is 0 Å². The van der Waals surface area contributed by atoms with Crippen molar-refractivity contribution in [1.82, 2.24) is 9.97 Å². The highest BCUT2D eigenvalue weighted by molar-refractivity contribution is 9.10. The molecule has 0 spiro atoms. The molecule has 0 N–H and O–H groups in total. The van der Waals surface area contributed by atoms with Gasteiger partial charge in [-0.1, -0.05) is 23.7 Å². The quantitative estimate of drug-likeness (QED) is 0.575. The summed E-state index contributed by atoms with van der Waals surface area (Å²) in [5.74, 6) is -0.971. The van der Waals surface area contributed by atoms with Crippen LogP contribution in [0.2, 0.25) is 5.15 Å². The van der Waals surface area contributed by atoms with Gasteiger partial charge >= 0.3 is 0 Å². The van der Waals surface area contributed by atoms with Crippen molar-refractivity contribution in [3.8, 4) is 11.4 Å². The molecule has 3 aromatic rings. The van der Waals surface area contributed by atoms with Crippen LogP contribution in [0.3, 0.4) is 0 Å². The van der Waals surface area contributed by atoms with Crippen LogP contribution < -0.4 is 0 Å². The van der Waals surface area contributed by atoms with Crippen molar-refractivity contribution in [2.24, 2.45) is 0 Å². The topological polar surface area (TPSA) is 25.8 Å². The fourth-order valence-electron chi connectivity index (χ4n) is 1.89. The van der Waals surface area contributed by atoms with Gasteiger partial charge in [-0.2, -0.15) is 0 Å². The second kappa shape index (κ2) is 5.07. The molecular weight excluding hydrogens is 350 g/mol. The van der Waals surface area contributed by atoms with E-state index in [1.54, 1.807) is 12.1 Å². The van der Waals surface area contributed by atoms with Crippen LogP contribution >= 0.6 is 27.5 Å². The van der Waals surface area contributed by atoms with Crippen LogP contribution in [-0.2, 0) is 0 Å². The maximum atomic E-state index is 13.9. The smallest absolute Gasteiger partial charge is 0.164 e. The Balaban J connectivity index is 2.36. The Bertz CT molecular complexity index is 824. The third-order valence-corrected chi connectivity index (χ3v) is 3.75. The number of fused-ring (bicyclic) bond motifs is 1. The lowest BCUT2D eigenvalue weighted by atomic mass is 10.2. The van der Waals surface area contributed by atoms with E-state index in [-0.39, 0.29) is 22.1 Å². The van der Waals surface area contributed by atoms with Crippen LogP contribution in [0.5, 0.6) is 0 Å².